The predicted molar refractivity (Wildman–Crippen MR) is 42.3 cm³/mol. The molecule has 2 aliphatic rings. The van der Waals surface area contributed by atoms with E-state index in [0.29, 0.717) is 0 Å². The average Bonchev–Trinajstić information content (AvgIpc) is 2.05. The van der Waals surface area contributed by atoms with Crippen LogP contribution in [0.25, 0.3) is 0 Å². The van der Waals surface area contributed by atoms with E-state index >= 15 is 0 Å². The Labute approximate surface area is 70.7 Å². The first kappa shape index (κ1) is 8.38. The van der Waals surface area contributed by atoms with Crippen LogP contribution in [0.1, 0.15) is 12.8 Å². The Kier molecular flexibility index (Phi) is 2.04. The van der Waals surface area contributed by atoms with Crippen molar-refractivity contribution < 1.29 is 8.78 Å². The fourth-order valence-corrected chi connectivity index (χ4v) is 2.06. The first-order valence-electron chi connectivity index (χ1n) is 4.52. The van der Waals surface area contributed by atoms with Crippen LogP contribution in [-0.2, 0) is 0 Å². The molecule has 1 atom stereocenters. The Morgan fingerprint density at radius 2 is 1.83 bits per heavy atom. The summed E-state index contributed by atoms with van der Waals surface area (Å²) >= 11 is 0. The van der Waals surface area contributed by atoms with Gasteiger partial charge in [-0.15, -0.1) is 0 Å². The van der Waals surface area contributed by atoms with Crippen LogP contribution >= 0.6 is 0 Å². The third kappa shape index (κ3) is 1.33. The standard InChI is InChI=1S/C8H14F2N2/c9-8(10)5-12-7(8)6-1-3-11-4-2-6/h6-7,11-12H,1-5H2. The highest BCUT2D eigenvalue weighted by Crippen LogP contribution is 2.34. The molecule has 0 bridgehead atoms. The van der Waals surface area contributed by atoms with Gasteiger partial charge in [-0.2, -0.15) is 0 Å². The normalized spacial score (nSPS) is 36.0. The first-order chi connectivity index (χ1) is 5.70. The van der Waals surface area contributed by atoms with E-state index in [2.05, 4.69) is 10.6 Å². The van der Waals surface area contributed by atoms with Gasteiger partial charge >= 0.3 is 0 Å². The molecule has 0 aromatic carbocycles. The summed E-state index contributed by atoms with van der Waals surface area (Å²) in [5, 5.41) is 6.00. The fourth-order valence-electron chi connectivity index (χ4n) is 2.06. The van der Waals surface area contributed by atoms with E-state index in [9.17, 15) is 8.78 Å². The van der Waals surface area contributed by atoms with Crippen LogP contribution in [0.4, 0.5) is 8.78 Å². The highest BCUT2D eigenvalue weighted by molar-refractivity contribution is 5.00. The smallest absolute Gasteiger partial charge is 0.275 e. The lowest BCUT2D eigenvalue weighted by Crippen LogP contribution is -2.66. The van der Waals surface area contributed by atoms with Crippen molar-refractivity contribution in [1.29, 1.82) is 0 Å². The van der Waals surface area contributed by atoms with Crippen LogP contribution < -0.4 is 10.6 Å². The lowest BCUT2D eigenvalue weighted by Gasteiger charge is -2.44. The van der Waals surface area contributed by atoms with Crippen LogP contribution in [0.5, 0.6) is 0 Å². The van der Waals surface area contributed by atoms with E-state index in [1.54, 1.807) is 0 Å². The maximum absolute atomic E-state index is 12.9. The van der Waals surface area contributed by atoms with Crippen molar-refractivity contribution in [3.63, 3.8) is 0 Å². The Morgan fingerprint density at radius 1 is 1.17 bits per heavy atom. The second-order valence-corrected chi connectivity index (χ2v) is 3.71. The van der Waals surface area contributed by atoms with Crippen molar-refractivity contribution >= 4 is 0 Å². The fraction of sp³-hybridized carbons (Fsp3) is 1.00. The molecule has 0 aliphatic carbocycles. The van der Waals surface area contributed by atoms with Crippen LogP contribution in [0.2, 0.25) is 0 Å². The highest BCUT2D eigenvalue weighted by atomic mass is 19.3. The summed E-state index contributed by atoms with van der Waals surface area (Å²) in [6.07, 6.45) is 1.76. The zero-order chi connectivity index (χ0) is 8.60. The second kappa shape index (κ2) is 2.92. The number of piperidine rings is 1. The van der Waals surface area contributed by atoms with Gasteiger partial charge in [0, 0.05) is 0 Å². The third-order valence-electron chi connectivity index (χ3n) is 2.87. The molecule has 0 amide bonds. The molecule has 0 saturated carbocycles. The van der Waals surface area contributed by atoms with E-state index in [1.807, 2.05) is 0 Å². The lowest BCUT2D eigenvalue weighted by atomic mass is 9.82. The largest absolute Gasteiger partial charge is 0.317 e. The molecule has 2 nitrogen and oxygen atoms in total. The molecule has 2 rings (SSSR count). The van der Waals surface area contributed by atoms with Crippen molar-refractivity contribution in [3.8, 4) is 0 Å². The van der Waals surface area contributed by atoms with Crippen LogP contribution in [-0.4, -0.2) is 31.6 Å². The van der Waals surface area contributed by atoms with Gasteiger partial charge in [0.1, 0.15) is 0 Å². The van der Waals surface area contributed by atoms with Crippen molar-refractivity contribution in [2.75, 3.05) is 19.6 Å². The molecule has 2 N–H and O–H groups in total. The van der Waals surface area contributed by atoms with Gasteiger partial charge in [-0.3, -0.25) is 0 Å². The van der Waals surface area contributed by atoms with Gasteiger partial charge in [-0.1, -0.05) is 0 Å². The predicted octanol–water partition coefficient (Wildman–Crippen LogP) is 0.593. The monoisotopic (exact) mass is 176 g/mol. The van der Waals surface area contributed by atoms with Crippen LogP contribution in [0.3, 0.4) is 0 Å². The molecule has 12 heavy (non-hydrogen) atoms. The molecule has 2 heterocycles. The molecule has 0 aromatic rings. The summed E-state index contributed by atoms with van der Waals surface area (Å²) in [6.45, 7) is 1.65. The average molecular weight is 176 g/mol. The number of hydrogen-bond donors (Lipinski definition) is 2. The number of alkyl halides is 2. The van der Waals surface area contributed by atoms with E-state index in [1.165, 1.54) is 0 Å². The van der Waals surface area contributed by atoms with Crippen molar-refractivity contribution in [3.05, 3.63) is 0 Å². The van der Waals surface area contributed by atoms with Gasteiger partial charge in [0.2, 0.25) is 0 Å². The zero-order valence-corrected chi connectivity index (χ0v) is 6.95. The number of nitrogens with one attached hydrogen (secondary N) is 2. The first-order valence-corrected chi connectivity index (χ1v) is 4.52. The van der Waals surface area contributed by atoms with Gasteiger partial charge < -0.3 is 10.6 Å². The van der Waals surface area contributed by atoms with Gasteiger partial charge in [-0.05, 0) is 31.8 Å². The van der Waals surface area contributed by atoms with Gasteiger partial charge in [-0.25, -0.2) is 8.78 Å². The molecule has 0 spiro atoms. The molecule has 70 valence electrons. The minimum Gasteiger partial charge on any atom is -0.317 e. The quantitative estimate of drug-likeness (QED) is 0.611. The molecule has 2 saturated heterocycles. The van der Waals surface area contributed by atoms with Gasteiger partial charge in [0.25, 0.3) is 5.92 Å². The van der Waals surface area contributed by atoms with Crippen molar-refractivity contribution in [1.82, 2.24) is 10.6 Å². The molecule has 0 radical (unpaired) electrons. The molecule has 4 heteroatoms. The third-order valence-corrected chi connectivity index (χ3v) is 2.87. The topological polar surface area (TPSA) is 24.1 Å². The maximum Gasteiger partial charge on any atom is 0.275 e. The minimum atomic E-state index is -2.44. The Morgan fingerprint density at radius 3 is 2.25 bits per heavy atom. The molecule has 0 aromatic heterocycles. The Hall–Kier alpha value is -0.220. The summed E-state index contributed by atoms with van der Waals surface area (Å²) in [5.74, 6) is -2.27. The van der Waals surface area contributed by atoms with Gasteiger partial charge in [0.15, 0.2) is 0 Å². The van der Waals surface area contributed by atoms with E-state index < -0.39 is 12.0 Å². The Bertz CT molecular complexity index is 166. The number of hydrogen-bond acceptors (Lipinski definition) is 2. The Balaban J connectivity index is 1.91. The highest BCUT2D eigenvalue weighted by Gasteiger charge is 2.51. The summed E-state index contributed by atoms with van der Waals surface area (Å²) in [4.78, 5) is 0. The van der Waals surface area contributed by atoms with Crippen molar-refractivity contribution in [2.45, 2.75) is 24.8 Å². The molecule has 1 unspecified atom stereocenters. The summed E-state index contributed by atoms with van der Waals surface area (Å²) in [7, 11) is 0. The second-order valence-electron chi connectivity index (χ2n) is 3.71. The van der Waals surface area contributed by atoms with E-state index in [4.69, 9.17) is 0 Å². The molecular weight excluding hydrogens is 162 g/mol. The van der Waals surface area contributed by atoms with Crippen molar-refractivity contribution in [2.24, 2.45) is 5.92 Å². The number of rotatable bonds is 1. The van der Waals surface area contributed by atoms with Gasteiger partial charge in [0.05, 0.1) is 12.6 Å². The van der Waals surface area contributed by atoms with E-state index in [0.717, 1.165) is 25.9 Å². The molecule has 2 aliphatic heterocycles. The maximum atomic E-state index is 12.9. The molecule has 2 fully saturated rings. The lowest BCUT2D eigenvalue weighted by molar-refractivity contribution is -0.118. The number of halogens is 2. The summed E-state index contributed by atoms with van der Waals surface area (Å²) in [5.41, 5.74) is 0. The molecular formula is C8H14F2N2. The summed E-state index contributed by atoms with van der Waals surface area (Å²) in [6, 6.07) is -0.542. The summed E-state index contributed by atoms with van der Waals surface area (Å²) < 4.78 is 25.8. The SMILES string of the molecule is FC1(F)CNC1C1CCNCC1. The van der Waals surface area contributed by atoms with Crippen LogP contribution in [0.15, 0.2) is 0 Å². The van der Waals surface area contributed by atoms with Crippen LogP contribution in [0, 0.1) is 5.92 Å². The zero-order valence-electron chi connectivity index (χ0n) is 6.95. The van der Waals surface area contributed by atoms with E-state index in [-0.39, 0.29) is 12.5 Å². The minimum absolute atomic E-state index is 0.123.